The van der Waals surface area contributed by atoms with Crippen molar-refractivity contribution in [3.63, 3.8) is 0 Å². The predicted molar refractivity (Wildman–Crippen MR) is 87.9 cm³/mol. The Labute approximate surface area is 134 Å². The van der Waals surface area contributed by atoms with Gasteiger partial charge in [0.05, 0.1) is 11.6 Å². The molecule has 0 unspecified atom stereocenters. The molecule has 0 aromatic heterocycles. The van der Waals surface area contributed by atoms with Crippen LogP contribution in [0.2, 0.25) is 0 Å². The highest BCUT2D eigenvalue weighted by molar-refractivity contribution is 5.96. The van der Waals surface area contributed by atoms with Crippen molar-refractivity contribution in [2.75, 3.05) is 11.9 Å². The fourth-order valence-electron chi connectivity index (χ4n) is 2.06. The number of nitrogens with one attached hydrogen (secondary N) is 2. The van der Waals surface area contributed by atoms with Gasteiger partial charge in [-0.15, -0.1) is 0 Å². The Kier molecular flexibility index (Phi) is 5.48. The van der Waals surface area contributed by atoms with Crippen LogP contribution in [-0.4, -0.2) is 18.4 Å². The summed E-state index contributed by atoms with van der Waals surface area (Å²) in [5.74, 6) is -0.380. The first-order valence-electron chi connectivity index (χ1n) is 7.24. The fraction of sp³-hybridized carbons (Fsp3) is 0.167. The van der Waals surface area contributed by atoms with Gasteiger partial charge in [0.2, 0.25) is 5.91 Å². The number of nitriles is 1. The molecule has 0 aliphatic carbocycles. The molecule has 116 valence electrons. The zero-order valence-electron chi connectivity index (χ0n) is 12.8. The summed E-state index contributed by atoms with van der Waals surface area (Å²) in [7, 11) is 0. The highest BCUT2D eigenvalue weighted by Gasteiger charge is 2.08. The lowest BCUT2D eigenvalue weighted by Gasteiger charge is -2.08. The van der Waals surface area contributed by atoms with Crippen LogP contribution in [0.3, 0.4) is 0 Å². The van der Waals surface area contributed by atoms with E-state index in [-0.39, 0.29) is 24.8 Å². The lowest BCUT2D eigenvalue weighted by Crippen LogP contribution is -2.28. The second kappa shape index (κ2) is 7.76. The van der Waals surface area contributed by atoms with Gasteiger partial charge in [0.15, 0.2) is 0 Å². The molecule has 0 radical (unpaired) electrons. The summed E-state index contributed by atoms with van der Waals surface area (Å²) in [5.41, 5.74) is 2.67. The molecular weight excluding hydrogens is 290 g/mol. The molecule has 0 aliphatic heterocycles. The summed E-state index contributed by atoms with van der Waals surface area (Å²) < 4.78 is 0. The molecule has 2 aromatic carbocycles. The molecule has 2 N–H and O–H groups in total. The van der Waals surface area contributed by atoms with Crippen molar-refractivity contribution < 1.29 is 9.59 Å². The number of anilines is 1. The summed E-state index contributed by atoms with van der Waals surface area (Å²) >= 11 is 0. The lowest BCUT2D eigenvalue weighted by atomic mass is 10.1. The number of carbonyl (C=O) groups is 2. The summed E-state index contributed by atoms with van der Waals surface area (Å²) in [6, 6.07) is 15.9. The van der Waals surface area contributed by atoms with Crippen LogP contribution in [0.4, 0.5) is 5.69 Å². The van der Waals surface area contributed by atoms with Gasteiger partial charge in [0.25, 0.3) is 5.91 Å². The third kappa shape index (κ3) is 4.68. The van der Waals surface area contributed by atoms with E-state index in [9.17, 15) is 9.59 Å². The third-order valence-electron chi connectivity index (χ3n) is 3.33. The van der Waals surface area contributed by atoms with Crippen LogP contribution in [-0.2, 0) is 4.79 Å². The molecule has 0 atom stereocenters. The van der Waals surface area contributed by atoms with E-state index < -0.39 is 0 Å². The molecule has 0 saturated heterocycles. The third-order valence-corrected chi connectivity index (χ3v) is 3.33. The minimum atomic E-state index is -0.195. The van der Waals surface area contributed by atoms with Crippen LogP contribution in [0.25, 0.3) is 0 Å². The molecule has 5 heteroatoms. The van der Waals surface area contributed by atoms with Gasteiger partial charge in [-0.05, 0) is 42.8 Å². The normalized spacial score (nSPS) is 9.74. The topological polar surface area (TPSA) is 82.0 Å². The van der Waals surface area contributed by atoms with E-state index in [0.717, 1.165) is 5.56 Å². The van der Waals surface area contributed by atoms with Crippen molar-refractivity contribution >= 4 is 17.5 Å². The van der Waals surface area contributed by atoms with Gasteiger partial charge < -0.3 is 10.6 Å². The predicted octanol–water partition coefficient (Wildman–Crippen LogP) is 2.63. The fourth-order valence-corrected chi connectivity index (χ4v) is 2.06. The monoisotopic (exact) mass is 307 g/mol. The van der Waals surface area contributed by atoms with Gasteiger partial charge in [-0.25, -0.2) is 0 Å². The van der Waals surface area contributed by atoms with E-state index in [1.165, 1.54) is 0 Å². The van der Waals surface area contributed by atoms with Crippen LogP contribution < -0.4 is 10.6 Å². The molecule has 2 aromatic rings. The smallest absolute Gasteiger partial charge is 0.251 e. The Balaban J connectivity index is 1.79. The minimum Gasteiger partial charge on any atom is -0.352 e. The highest BCUT2D eigenvalue weighted by atomic mass is 16.2. The molecule has 0 saturated carbocycles. The van der Waals surface area contributed by atoms with Gasteiger partial charge in [0, 0.05) is 24.2 Å². The van der Waals surface area contributed by atoms with E-state index >= 15 is 0 Å². The van der Waals surface area contributed by atoms with E-state index in [2.05, 4.69) is 10.6 Å². The number of hydrogen-bond acceptors (Lipinski definition) is 3. The largest absolute Gasteiger partial charge is 0.352 e. The maximum Gasteiger partial charge on any atom is 0.251 e. The SMILES string of the molecule is Cc1ccccc1C(=O)NCCC(=O)Nc1ccc(C#N)cc1. The maximum absolute atomic E-state index is 12.0. The number of rotatable bonds is 5. The van der Waals surface area contributed by atoms with Crippen molar-refractivity contribution in [3.8, 4) is 6.07 Å². The van der Waals surface area contributed by atoms with Gasteiger partial charge in [-0.3, -0.25) is 9.59 Å². The van der Waals surface area contributed by atoms with E-state index in [0.29, 0.717) is 16.8 Å². The van der Waals surface area contributed by atoms with Gasteiger partial charge in [-0.1, -0.05) is 18.2 Å². The number of benzene rings is 2. The quantitative estimate of drug-likeness (QED) is 0.891. The van der Waals surface area contributed by atoms with Crippen molar-refractivity contribution in [3.05, 3.63) is 65.2 Å². The zero-order valence-corrected chi connectivity index (χ0v) is 12.8. The van der Waals surface area contributed by atoms with Gasteiger partial charge in [0.1, 0.15) is 0 Å². The molecule has 2 rings (SSSR count). The number of amides is 2. The lowest BCUT2D eigenvalue weighted by molar-refractivity contribution is -0.116. The second-order valence-corrected chi connectivity index (χ2v) is 5.06. The van der Waals surface area contributed by atoms with Crippen molar-refractivity contribution in [1.29, 1.82) is 5.26 Å². The molecule has 2 amide bonds. The Hall–Kier alpha value is -3.13. The Morgan fingerprint density at radius 1 is 1.09 bits per heavy atom. The average molecular weight is 307 g/mol. The van der Waals surface area contributed by atoms with Gasteiger partial charge >= 0.3 is 0 Å². The molecule has 23 heavy (non-hydrogen) atoms. The average Bonchev–Trinajstić information content (AvgIpc) is 2.56. The molecule has 5 nitrogen and oxygen atoms in total. The molecule has 0 aliphatic rings. The van der Waals surface area contributed by atoms with Crippen molar-refractivity contribution in [1.82, 2.24) is 5.32 Å². The molecule has 0 spiro atoms. The number of hydrogen-bond donors (Lipinski definition) is 2. The summed E-state index contributed by atoms with van der Waals surface area (Å²) in [6.45, 7) is 2.13. The summed E-state index contributed by atoms with van der Waals surface area (Å²) in [5, 5.41) is 14.2. The first kappa shape index (κ1) is 16.2. The van der Waals surface area contributed by atoms with Crippen LogP contribution in [0, 0.1) is 18.3 Å². The number of carbonyl (C=O) groups excluding carboxylic acids is 2. The van der Waals surface area contributed by atoms with Crippen LogP contribution in [0.1, 0.15) is 27.9 Å². The molecule has 0 heterocycles. The number of nitrogens with zero attached hydrogens (tertiary/aromatic N) is 1. The molecule has 0 bridgehead atoms. The van der Waals surface area contributed by atoms with Crippen molar-refractivity contribution in [2.24, 2.45) is 0 Å². The zero-order chi connectivity index (χ0) is 16.7. The van der Waals surface area contributed by atoms with Crippen LogP contribution in [0.15, 0.2) is 48.5 Å². The molecule has 0 fully saturated rings. The molecular formula is C18H17N3O2. The first-order valence-corrected chi connectivity index (χ1v) is 7.24. The van der Waals surface area contributed by atoms with Crippen molar-refractivity contribution in [2.45, 2.75) is 13.3 Å². The van der Waals surface area contributed by atoms with Crippen LogP contribution in [0.5, 0.6) is 0 Å². The van der Waals surface area contributed by atoms with Gasteiger partial charge in [-0.2, -0.15) is 5.26 Å². The summed E-state index contributed by atoms with van der Waals surface area (Å²) in [4.78, 5) is 23.8. The Morgan fingerprint density at radius 3 is 2.43 bits per heavy atom. The summed E-state index contributed by atoms with van der Waals surface area (Å²) in [6.07, 6.45) is 0.178. The maximum atomic E-state index is 12.0. The Bertz CT molecular complexity index is 746. The van der Waals surface area contributed by atoms with E-state index in [4.69, 9.17) is 5.26 Å². The highest BCUT2D eigenvalue weighted by Crippen LogP contribution is 2.09. The first-order chi connectivity index (χ1) is 11.1. The second-order valence-electron chi connectivity index (χ2n) is 5.06. The number of aryl methyl sites for hydroxylation is 1. The van der Waals surface area contributed by atoms with E-state index in [1.807, 2.05) is 25.1 Å². The minimum absolute atomic E-state index is 0.178. The van der Waals surface area contributed by atoms with Crippen LogP contribution >= 0.6 is 0 Å². The standard InChI is InChI=1S/C18H17N3O2/c1-13-4-2-3-5-16(13)18(23)20-11-10-17(22)21-15-8-6-14(12-19)7-9-15/h2-9H,10-11H2,1H3,(H,20,23)(H,21,22). The van der Waals surface area contributed by atoms with E-state index in [1.54, 1.807) is 36.4 Å². The Morgan fingerprint density at radius 2 is 1.78 bits per heavy atom.